The molecular formula is C19H18BrClN2O6. The van der Waals surface area contributed by atoms with Crippen LogP contribution in [-0.4, -0.2) is 45.2 Å². The van der Waals surface area contributed by atoms with Crippen LogP contribution in [0.2, 0.25) is 5.02 Å². The first kappa shape index (κ1) is 22.5. The third-order valence-electron chi connectivity index (χ3n) is 3.61. The zero-order valence-electron chi connectivity index (χ0n) is 15.6. The summed E-state index contributed by atoms with van der Waals surface area (Å²) in [7, 11) is 2.85. The zero-order valence-corrected chi connectivity index (χ0v) is 17.9. The molecule has 0 heterocycles. The number of carbonyl (C=O) groups excluding carboxylic acids is 3. The van der Waals surface area contributed by atoms with Crippen molar-refractivity contribution in [3.63, 3.8) is 0 Å². The van der Waals surface area contributed by atoms with Crippen LogP contribution >= 0.6 is 27.5 Å². The normalized spacial score (nSPS) is 10.1. The molecule has 0 saturated carbocycles. The average Bonchev–Trinajstić information content (AvgIpc) is 2.71. The molecule has 154 valence electrons. The van der Waals surface area contributed by atoms with E-state index in [-0.39, 0.29) is 6.54 Å². The Morgan fingerprint density at radius 2 is 1.69 bits per heavy atom. The highest BCUT2D eigenvalue weighted by atomic mass is 79.9. The Balaban J connectivity index is 1.83. The Kier molecular flexibility index (Phi) is 8.29. The molecular weight excluding hydrogens is 468 g/mol. The van der Waals surface area contributed by atoms with E-state index in [1.807, 2.05) is 0 Å². The highest BCUT2D eigenvalue weighted by molar-refractivity contribution is 9.10. The van der Waals surface area contributed by atoms with Gasteiger partial charge in [-0.1, -0.05) is 27.5 Å². The summed E-state index contributed by atoms with van der Waals surface area (Å²) < 4.78 is 15.9. The van der Waals surface area contributed by atoms with Crippen LogP contribution in [0.25, 0.3) is 0 Å². The number of hydrogen-bond acceptors (Lipinski definition) is 6. The molecule has 2 amide bonds. The van der Waals surface area contributed by atoms with Crippen molar-refractivity contribution in [2.75, 3.05) is 32.7 Å². The van der Waals surface area contributed by atoms with Crippen LogP contribution in [0.1, 0.15) is 10.4 Å². The number of benzene rings is 2. The van der Waals surface area contributed by atoms with Crippen molar-refractivity contribution in [2.45, 2.75) is 0 Å². The van der Waals surface area contributed by atoms with Crippen LogP contribution in [0.3, 0.4) is 0 Å². The fourth-order valence-corrected chi connectivity index (χ4v) is 2.69. The van der Waals surface area contributed by atoms with Crippen LogP contribution < -0.4 is 20.1 Å². The Hall–Kier alpha value is -2.78. The van der Waals surface area contributed by atoms with E-state index < -0.39 is 24.4 Å². The first-order chi connectivity index (χ1) is 13.8. The van der Waals surface area contributed by atoms with Crippen molar-refractivity contribution < 1.29 is 28.6 Å². The molecule has 0 aromatic heterocycles. The smallest absolute Gasteiger partial charge is 0.325 e. The van der Waals surface area contributed by atoms with Gasteiger partial charge in [0.2, 0.25) is 0 Å². The van der Waals surface area contributed by atoms with Crippen LogP contribution in [0.5, 0.6) is 11.5 Å². The Morgan fingerprint density at radius 1 is 1.03 bits per heavy atom. The van der Waals surface area contributed by atoms with E-state index >= 15 is 0 Å². The fourth-order valence-electron chi connectivity index (χ4n) is 2.20. The molecule has 0 bridgehead atoms. The van der Waals surface area contributed by atoms with Crippen LogP contribution in [0.15, 0.2) is 40.9 Å². The topological polar surface area (TPSA) is 103 Å². The van der Waals surface area contributed by atoms with E-state index in [9.17, 15) is 14.4 Å². The molecule has 2 aromatic carbocycles. The lowest BCUT2D eigenvalue weighted by Gasteiger charge is -2.13. The predicted molar refractivity (Wildman–Crippen MR) is 111 cm³/mol. The van der Waals surface area contributed by atoms with Crippen molar-refractivity contribution in [2.24, 2.45) is 0 Å². The van der Waals surface area contributed by atoms with Crippen molar-refractivity contribution in [3.8, 4) is 11.5 Å². The van der Waals surface area contributed by atoms with Crippen molar-refractivity contribution in [3.05, 3.63) is 51.5 Å². The van der Waals surface area contributed by atoms with Gasteiger partial charge in [0.15, 0.2) is 6.61 Å². The van der Waals surface area contributed by atoms with E-state index in [1.165, 1.54) is 26.4 Å². The number of ether oxygens (including phenoxy) is 3. The second-order valence-electron chi connectivity index (χ2n) is 5.59. The summed E-state index contributed by atoms with van der Waals surface area (Å²) in [5, 5.41) is 5.28. The Bertz CT molecular complexity index is 904. The molecule has 0 aliphatic carbocycles. The van der Waals surface area contributed by atoms with Crippen molar-refractivity contribution >= 4 is 51.0 Å². The highest BCUT2D eigenvalue weighted by Crippen LogP contribution is 2.35. The maximum Gasteiger partial charge on any atom is 0.325 e. The van der Waals surface area contributed by atoms with Gasteiger partial charge >= 0.3 is 5.97 Å². The molecule has 0 fully saturated rings. The van der Waals surface area contributed by atoms with Gasteiger partial charge in [0.05, 0.1) is 24.9 Å². The van der Waals surface area contributed by atoms with E-state index in [0.29, 0.717) is 27.8 Å². The van der Waals surface area contributed by atoms with Gasteiger partial charge in [0, 0.05) is 22.2 Å². The average molecular weight is 486 g/mol. The maximum atomic E-state index is 12.1. The summed E-state index contributed by atoms with van der Waals surface area (Å²) in [5.74, 6) is -1.13. The van der Waals surface area contributed by atoms with Gasteiger partial charge in [-0.25, -0.2) is 0 Å². The summed E-state index contributed by atoms with van der Waals surface area (Å²) >= 11 is 9.28. The second-order valence-corrected chi connectivity index (χ2v) is 6.91. The summed E-state index contributed by atoms with van der Waals surface area (Å²) in [4.78, 5) is 35.8. The van der Waals surface area contributed by atoms with E-state index in [0.717, 1.165) is 4.47 Å². The number of rotatable bonds is 8. The Labute approximate surface area is 180 Å². The monoisotopic (exact) mass is 484 g/mol. The van der Waals surface area contributed by atoms with Crippen molar-refractivity contribution in [1.82, 2.24) is 5.32 Å². The standard InChI is InChI=1S/C19H18BrClN2O6/c1-27-15-8-14(16(28-2)7-13(15)21)23-17(24)10-29-18(25)9-22-19(26)11-3-5-12(20)6-4-11/h3-8H,9-10H2,1-2H3,(H,22,26)(H,23,24). The molecule has 10 heteroatoms. The first-order valence-corrected chi connectivity index (χ1v) is 9.42. The minimum atomic E-state index is -0.758. The molecule has 29 heavy (non-hydrogen) atoms. The lowest BCUT2D eigenvalue weighted by atomic mass is 10.2. The van der Waals surface area contributed by atoms with E-state index in [4.69, 9.17) is 25.8 Å². The quantitative estimate of drug-likeness (QED) is 0.557. The van der Waals surface area contributed by atoms with Gasteiger partial charge in [-0.3, -0.25) is 14.4 Å². The number of halogens is 2. The van der Waals surface area contributed by atoms with Gasteiger partial charge in [-0.15, -0.1) is 0 Å². The van der Waals surface area contributed by atoms with E-state index in [1.54, 1.807) is 24.3 Å². The summed E-state index contributed by atoms with van der Waals surface area (Å²) in [6.45, 7) is -0.915. The van der Waals surface area contributed by atoms with Crippen LogP contribution in [0.4, 0.5) is 5.69 Å². The van der Waals surface area contributed by atoms with Crippen molar-refractivity contribution in [1.29, 1.82) is 0 Å². The molecule has 2 N–H and O–H groups in total. The number of hydrogen-bond donors (Lipinski definition) is 2. The third-order valence-corrected chi connectivity index (χ3v) is 4.44. The second kappa shape index (κ2) is 10.7. The first-order valence-electron chi connectivity index (χ1n) is 8.24. The lowest BCUT2D eigenvalue weighted by Crippen LogP contribution is -2.32. The van der Waals surface area contributed by atoms with Gasteiger partial charge < -0.3 is 24.8 Å². The summed E-state index contributed by atoms with van der Waals surface area (Å²) in [6, 6.07) is 9.59. The molecule has 0 atom stereocenters. The summed E-state index contributed by atoms with van der Waals surface area (Å²) in [6.07, 6.45) is 0. The molecule has 2 aromatic rings. The Morgan fingerprint density at radius 3 is 2.31 bits per heavy atom. The van der Waals surface area contributed by atoms with Gasteiger partial charge in [0.1, 0.15) is 18.0 Å². The number of esters is 1. The molecule has 0 aliphatic rings. The van der Waals surface area contributed by atoms with Gasteiger partial charge in [0.25, 0.3) is 11.8 Å². The third kappa shape index (κ3) is 6.65. The maximum absolute atomic E-state index is 12.1. The minimum absolute atomic E-state index is 0.304. The zero-order chi connectivity index (χ0) is 21.4. The molecule has 0 radical (unpaired) electrons. The van der Waals surface area contributed by atoms with Crippen LogP contribution in [0, 0.1) is 0 Å². The van der Waals surface area contributed by atoms with E-state index in [2.05, 4.69) is 26.6 Å². The largest absolute Gasteiger partial charge is 0.495 e. The minimum Gasteiger partial charge on any atom is -0.495 e. The molecule has 0 aliphatic heterocycles. The van der Waals surface area contributed by atoms with Gasteiger partial charge in [-0.05, 0) is 24.3 Å². The fraction of sp³-hybridized carbons (Fsp3) is 0.211. The molecule has 8 nitrogen and oxygen atoms in total. The summed E-state index contributed by atoms with van der Waals surface area (Å²) in [5.41, 5.74) is 0.695. The molecule has 0 spiro atoms. The SMILES string of the molecule is COc1cc(NC(=O)COC(=O)CNC(=O)c2ccc(Br)cc2)c(OC)cc1Cl. The number of carbonyl (C=O) groups is 3. The number of nitrogens with one attached hydrogen (secondary N) is 2. The van der Waals surface area contributed by atoms with Crippen LogP contribution in [-0.2, 0) is 14.3 Å². The predicted octanol–water partition coefficient (Wildman–Crippen LogP) is 3.03. The molecule has 2 rings (SSSR count). The molecule has 0 unspecified atom stereocenters. The lowest BCUT2D eigenvalue weighted by molar-refractivity contribution is -0.146. The highest BCUT2D eigenvalue weighted by Gasteiger charge is 2.15. The number of amides is 2. The number of anilines is 1. The molecule has 0 saturated heterocycles. The number of methoxy groups -OCH3 is 2. The van der Waals surface area contributed by atoms with Gasteiger partial charge in [-0.2, -0.15) is 0 Å².